The first-order chi connectivity index (χ1) is 16.6. The number of methoxy groups -OCH3 is 2. The number of sulfonamides is 1. The van der Waals surface area contributed by atoms with E-state index in [1.54, 1.807) is 42.5 Å². The number of para-hydroxylation sites is 2. The van der Waals surface area contributed by atoms with Crippen LogP contribution < -0.4 is 19.5 Å². The van der Waals surface area contributed by atoms with Gasteiger partial charge in [-0.2, -0.15) is 0 Å². The normalized spacial score (nSPS) is 13.1. The highest BCUT2D eigenvalue weighted by atomic mass is 32.2. The number of fused-ring (bicyclic) bond motifs is 1. The highest BCUT2D eigenvalue weighted by molar-refractivity contribution is 7.99. The molecule has 0 aliphatic carbocycles. The number of aromatic nitrogens is 2. The van der Waals surface area contributed by atoms with E-state index < -0.39 is 19.5 Å². The van der Waals surface area contributed by atoms with Gasteiger partial charge in [0.2, 0.25) is 0 Å². The number of rotatable bonds is 8. The molecule has 2 N–H and O–H groups in total. The predicted octanol–water partition coefficient (Wildman–Crippen LogP) is 3.90. The summed E-state index contributed by atoms with van der Waals surface area (Å²) >= 11 is 0. The first kappa shape index (κ1) is 24.3. The average Bonchev–Trinajstić information content (AvgIpc) is 2.83. The van der Waals surface area contributed by atoms with Gasteiger partial charge >= 0.3 is 0 Å². The van der Waals surface area contributed by atoms with Gasteiger partial charge in [-0.05, 0) is 45.7 Å². The third-order valence-electron chi connectivity index (χ3n) is 5.03. The zero-order valence-corrected chi connectivity index (χ0v) is 20.9. The van der Waals surface area contributed by atoms with Crippen molar-refractivity contribution in [2.75, 3.05) is 30.5 Å². The Morgan fingerprint density at radius 1 is 0.771 bits per heavy atom. The number of nitrogens with one attached hydrogen (secondary N) is 2. The van der Waals surface area contributed by atoms with Crippen LogP contribution in [0.3, 0.4) is 0 Å². The first-order valence-electron chi connectivity index (χ1n) is 10.3. The summed E-state index contributed by atoms with van der Waals surface area (Å²) in [7, 11) is -3.65. The molecule has 0 aliphatic heterocycles. The van der Waals surface area contributed by atoms with Gasteiger partial charge in [-0.25, -0.2) is 18.4 Å². The van der Waals surface area contributed by atoms with Gasteiger partial charge in [0.05, 0.1) is 30.1 Å². The summed E-state index contributed by atoms with van der Waals surface area (Å²) in [6.07, 6.45) is 1.45. The number of ether oxygens (including phenoxy) is 2. The second-order valence-corrected chi connectivity index (χ2v) is 11.9. The Bertz CT molecular complexity index is 1600. The monoisotopic (exact) mass is 512 g/mol. The largest absolute Gasteiger partial charge is 0.497 e. The molecule has 0 spiro atoms. The highest BCUT2D eigenvalue weighted by Gasteiger charge is 2.20. The topological polar surface area (TPSA) is 120 Å². The van der Waals surface area contributed by atoms with Gasteiger partial charge in [0.1, 0.15) is 11.5 Å². The van der Waals surface area contributed by atoms with Gasteiger partial charge in [0.15, 0.2) is 11.6 Å². The summed E-state index contributed by atoms with van der Waals surface area (Å²) in [6, 6.07) is 18.1. The lowest BCUT2D eigenvalue weighted by Crippen LogP contribution is -2.16. The number of anilines is 3. The van der Waals surface area contributed by atoms with Gasteiger partial charge < -0.3 is 14.8 Å². The van der Waals surface area contributed by atoms with Crippen molar-refractivity contribution in [2.24, 2.45) is 0 Å². The highest BCUT2D eigenvalue weighted by Crippen LogP contribution is 2.31. The molecule has 0 fully saturated rings. The van der Waals surface area contributed by atoms with Crippen LogP contribution in [0, 0.1) is 0 Å². The fraction of sp³-hybridized carbons (Fsp3) is 0.125. The van der Waals surface area contributed by atoms with E-state index >= 15 is 0 Å². The third-order valence-corrected chi connectivity index (χ3v) is 7.62. The average molecular weight is 513 g/mol. The van der Waals surface area contributed by atoms with Crippen LogP contribution in [0.4, 0.5) is 17.3 Å². The molecule has 0 saturated carbocycles. The van der Waals surface area contributed by atoms with E-state index in [1.165, 1.54) is 38.7 Å². The maximum atomic E-state index is 13.3. The van der Waals surface area contributed by atoms with Crippen molar-refractivity contribution in [3.63, 3.8) is 0 Å². The molecule has 0 bridgehead atoms. The summed E-state index contributed by atoms with van der Waals surface area (Å²) in [4.78, 5) is 9.32. The fourth-order valence-corrected chi connectivity index (χ4v) is 5.14. The maximum absolute atomic E-state index is 13.3. The fourth-order valence-electron chi connectivity index (χ4n) is 3.27. The zero-order valence-electron chi connectivity index (χ0n) is 19.3. The smallest absolute Gasteiger partial charge is 0.263 e. The molecule has 3 aromatic carbocycles. The van der Waals surface area contributed by atoms with E-state index in [9.17, 15) is 12.6 Å². The van der Waals surface area contributed by atoms with E-state index in [4.69, 9.17) is 9.47 Å². The molecule has 0 radical (unpaired) electrons. The molecule has 182 valence electrons. The molecule has 1 heterocycles. The summed E-state index contributed by atoms with van der Waals surface area (Å²) in [5, 5.41) is 3.11. The third kappa shape index (κ3) is 5.47. The van der Waals surface area contributed by atoms with Crippen LogP contribution in [0.25, 0.3) is 11.0 Å². The Balaban J connectivity index is 1.80. The molecule has 9 nitrogen and oxygen atoms in total. The minimum atomic E-state index is -4.10. The van der Waals surface area contributed by atoms with Crippen molar-refractivity contribution < 1.29 is 22.1 Å². The lowest BCUT2D eigenvalue weighted by Gasteiger charge is -2.15. The van der Waals surface area contributed by atoms with Gasteiger partial charge in [-0.15, -0.1) is 0 Å². The van der Waals surface area contributed by atoms with E-state index in [2.05, 4.69) is 25.9 Å². The van der Waals surface area contributed by atoms with Crippen molar-refractivity contribution in [3.05, 3.63) is 66.7 Å². The van der Waals surface area contributed by atoms with Gasteiger partial charge in [0.25, 0.3) is 10.0 Å². The van der Waals surface area contributed by atoms with E-state index in [0.29, 0.717) is 33.1 Å². The van der Waals surface area contributed by atoms with Crippen LogP contribution in [-0.2, 0) is 19.5 Å². The second kappa shape index (κ2) is 9.43. The molecule has 1 atom stereocenters. The number of nitrogens with zero attached hydrogens (tertiary/aromatic N) is 2. The van der Waals surface area contributed by atoms with Crippen molar-refractivity contribution in [1.82, 2.24) is 9.97 Å². The molecule has 0 amide bonds. The van der Waals surface area contributed by atoms with Crippen LogP contribution in [0.1, 0.15) is 0 Å². The van der Waals surface area contributed by atoms with Crippen LogP contribution in [0.5, 0.6) is 11.5 Å². The van der Waals surface area contributed by atoms with Crippen molar-refractivity contribution >= 4 is 53.8 Å². The molecule has 11 heteroatoms. The quantitative estimate of drug-likeness (QED) is 0.341. The zero-order chi connectivity index (χ0) is 25.2. The standard InChI is InChI=1S/C24H24N4O5S2/c1-32-17-12-16(13-18(14-17)33-2)25-23-24(27-22-11-6-5-10-21(22)26-23)28-35(30,31)20-9-7-8-19(15-20)34(3,4)29/h5-15H,3H2,1-2,4H3,(H,25,26)(H,27,28). The van der Waals surface area contributed by atoms with E-state index in [0.717, 1.165) is 0 Å². The lowest BCUT2D eigenvalue weighted by atomic mass is 10.2. The minimum absolute atomic E-state index is 0.0113. The summed E-state index contributed by atoms with van der Waals surface area (Å²) in [5.74, 6) is 4.87. The Morgan fingerprint density at radius 2 is 1.34 bits per heavy atom. The molecular formula is C24H24N4O5S2. The van der Waals surface area contributed by atoms with Crippen LogP contribution in [0.2, 0.25) is 0 Å². The van der Waals surface area contributed by atoms with E-state index in [-0.39, 0.29) is 16.5 Å². The van der Waals surface area contributed by atoms with E-state index in [1.807, 2.05) is 6.07 Å². The summed E-state index contributed by atoms with van der Waals surface area (Å²) in [6.45, 7) is 0. The van der Waals surface area contributed by atoms with Crippen LogP contribution in [0.15, 0.2) is 76.5 Å². The molecule has 4 rings (SSSR count). The predicted molar refractivity (Wildman–Crippen MR) is 139 cm³/mol. The SMILES string of the molecule is C=S(C)(=O)c1cccc(S(=O)(=O)Nc2nc3ccccc3nc2Nc2cc(OC)cc(OC)c2)c1. The van der Waals surface area contributed by atoms with Crippen LogP contribution in [-0.4, -0.2) is 48.9 Å². The summed E-state index contributed by atoms with van der Waals surface area (Å²) < 4.78 is 52.0. The molecule has 1 aromatic heterocycles. The second-order valence-electron chi connectivity index (χ2n) is 7.72. The number of hydrogen-bond donors (Lipinski definition) is 2. The van der Waals surface area contributed by atoms with Gasteiger partial charge in [-0.1, -0.05) is 18.2 Å². The molecular weight excluding hydrogens is 488 g/mol. The molecule has 35 heavy (non-hydrogen) atoms. The molecule has 1 unspecified atom stereocenters. The van der Waals surface area contributed by atoms with Crippen molar-refractivity contribution in [3.8, 4) is 11.5 Å². The van der Waals surface area contributed by atoms with Crippen molar-refractivity contribution in [1.29, 1.82) is 0 Å². The van der Waals surface area contributed by atoms with Gasteiger partial charge in [-0.3, -0.25) is 8.93 Å². The summed E-state index contributed by atoms with van der Waals surface area (Å²) in [5.41, 5.74) is 1.62. The number of hydrogen-bond acceptors (Lipinski definition) is 8. The van der Waals surface area contributed by atoms with Crippen LogP contribution >= 0.6 is 0 Å². The Hall–Kier alpha value is -3.83. The van der Waals surface area contributed by atoms with Gasteiger partial charge in [0, 0.05) is 35.0 Å². The lowest BCUT2D eigenvalue weighted by molar-refractivity contribution is 0.395. The van der Waals surface area contributed by atoms with Crippen molar-refractivity contribution in [2.45, 2.75) is 9.79 Å². The maximum Gasteiger partial charge on any atom is 0.263 e. The number of benzene rings is 3. The Labute approximate surface area is 204 Å². The Morgan fingerprint density at radius 3 is 1.91 bits per heavy atom. The minimum Gasteiger partial charge on any atom is -0.497 e. The molecule has 0 saturated heterocycles. The Kier molecular flexibility index (Phi) is 6.55. The molecule has 0 aliphatic rings. The molecule has 4 aromatic rings. The first-order valence-corrected chi connectivity index (χ1v) is 13.9.